The molecule has 0 aliphatic heterocycles. The van der Waals surface area contributed by atoms with Gasteiger partial charge in [0.1, 0.15) is 5.75 Å². The van der Waals surface area contributed by atoms with Gasteiger partial charge in [0.2, 0.25) is 0 Å². The number of amides is 2. The maximum absolute atomic E-state index is 13.4. The summed E-state index contributed by atoms with van der Waals surface area (Å²) in [7, 11) is 0. The van der Waals surface area contributed by atoms with Crippen molar-refractivity contribution in [2.24, 2.45) is 0 Å². The number of hydrogen-bond donors (Lipinski definition) is 6. The second-order valence-electron chi connectivity index (χ2n) is 8.84. The molecular formula is C27H30AsF3N4O7S. The molecule has 16 heteroatoms. The molecule has 1 aromatic heterocycles. The summed E-state index contributed by atoms with van der Waals surface area (Å²) < 4.78 is 73.9. The first kappa shape index (κ1) is 35.3. The van der Waals surface area contributed by atoms with Crippen LogP contribution in [0.4, 0.5) is 24.5 Å². The van der Waals surface area contributed by atoms with E-state index < -0.39 is 37.7 Å². The SMILES string of the molecule is CC(=O)Nc1cc([As](=O)(O)O)ccc1O.CCCCCOc1ccc(NC(=S)NC(=O)c2cccnc2)cc1C(F)(F)F. The minimum Gasteiger partial charge on any atom is -0.493 e. The molecule has 43 heavy (non-hydrogen) atoms. The molecule has 0 spiro atoms. The summed E-state index contributed by atoms with van der Waals surface area (Å²) in [5, 5.41) is 16.4. The fraction of sp³-hybridized carbons (Fsp3) is 0.259. The molecule has 11 nitrogen and oxygen atoms in total. The van der Waals surface area contributed by atoms with Crippen LogP contribution in [0.3, 0.4) is 0 Å². The molecule has 6 N–H and O–H groups in total. The topological polar surface area (TPSA) is 170 Å². The number of thiocarbonyl (C=S) groups is 1. The Balaban J connectivity index is 0.000000362. The third kappa shape index (κ3) is 12.1. The van der Waals surface area contributed by atoms with Gasteiger partial charge >= 0.3 is 94.3 Å². The van der Waals surface area contributed by atoms with Crippen LogP contribution in [0.1, 0.15) is 49.0 Å². The first-order valence-corrected chi connectivity index (χ1v) is 16.4. The fourth-order valence-corrected chi connectivity index (χ4v) is 4.72. The summed E-state index contributed by atoms with van der Waals surface area (Å²) in [6.07, 6.45) is 0.783. The van der Waals surface area contributed by atoms with Crippen molar-refractivity contribution in [3.05, 3.63) is 72.1 Å². The summed E-state index contributed by atoms with van der Waals surface area (Å²) in [6.45, 7) is 3.44. The number of ether oxygens (including phenoxy) is 1. The van der Waals surface area contributed by atoms with Crippen molar-refractivity contribution in [3.8, 4) is 11.5 Å². The molecule has 0 saturated heterocycles. The standard InChI is InChI=1S/C19H20F3N3O2S.C8H10AsNO5/c1-2-3-4-10-27-16-8-7-14(11-15(16)19(20,21)22)24-18(28)25-17(26)13-6-5-9-23-12-13;1-5(11)10-7-4-6(9(13,14)15)2-3-8(7)12/h5-9,11-12H,2-4,10H2,1H3,(H2,24,25,26,28);2-4,12H,1H3,(H,10,11)(H2,13,14,15). The number of carbonyl (C=O) groups is 2. The van der Waals surface area contributed by atoms with E-state index >= 15 is 0 Å². The summed E-state index contributed by atoms with van der Waals surface area (Å²) in [4.78, 5) is 26.6. The van der Waals surface area contributed by atoms with Gasteiger partial charge in [0.05, 0.1) is 17.7 Å². The molecule has 2 aromatic carbocycles. The average Bonchev–Trinajstić information content (AvgIpc) is 2.92. The van der Waals surface area contributed by atoms with E-state index in [9.17, 15) is 31.6 Å². The fourth-order valence-electron chi connectivity index (χ4n) is 3.32. The number of benzene rings is 2. The van der Waals surface area contributed by atoms with Gasteiger partial charge < -0.3 is 10.1 Å². The van der Waals surface area contributed by atoms with Crippen molar-refractivity contribution in [1.29, 1.82) is 0 Å². The van der Waals surface area contributed by atoms with E-state index in [0.29, 0.717) is 6.42 Å². The Morgan fingerprint density at radius 2 is 1.79 bits per heavy atom. The van der Waals surface area contributed by atoms with Crippen LogP contribution in [0.15, 0.2) is 60.9 Å². The first-order chi connectivity index (χ1) is 20.1. The van der Waals surface area contributed by atoms with Crippen LogP contribution in [-0.2, 0) is 14.7 Å². The van der Waals surface area contributed by atoms with Gasteiger partial charge in [-0.25, -0.2) is 0 Å². The van der Waals surface area contributed by atoms with Crippen LogP contribution in [0.5, 0.6) is 11.5 Å². The Morgan fingerprint density at radius 1 is 1.07 bits per heavy atom. The number of halogens is 3. The van der Waals surface area contributed by atoms with E-state index in [1.54, 1.807) is 6.07 Å². The summed E-state index contributed by atoms with van der Waals surface area (Å²) in [5.41, 5.74) is -0.553. The molecule has 0 bridgehead atoms. The summed E-state index contributed by atoms with van der Waals surface area (Å²) >= 11 is 0.0208. The van der Waals surface area contributed by atoms with Gasteiger partial charge in [-0.3, -0.25) is 15.1 Å². The third-order valence-electron chi connectivity index (χ3n) is 5.33. The Morgan fingerprint density at radius 3 is 2.37 bits per heavy atom. The summed E-state index contributed by atoms with van der Waals surface area (Å²) in [5.74, 6) is -1.42. The molecule has 0 radical (unpaired) electrons. The monoisotopic (exact) mass is 686 g/mol. The van der Waals surface area contributed by atoms with Crippen molar-refractivity contribution in [1.82, 2.24) is 10.3 Å². The van der Waals surface area contributed by atoms with Crippen molar-refractivity contribution in [3.63, 3.8) is 0 Å². The number of phenols is 1. The quantitative estimate of drug-likeness (QED) is 0.0845. The van der Waals surface area contributed by atoms with Crippen molar-refractivity contribution < 1.29 is 44.5 Å². The Kier molecular flexibility index (Phi) is 13.2. The van der Waals surface area contributed by atoms with E-state index in [1.807, 2.05) is 6.92 Å². The number of alkyl halides is 3. The number of aromatic hydroxyl groups is 1. The second kappa shape index (κ2) is 16.1. The molecule has 232 valence electrons. The molecule has 2 amide bonds. The predicted octanol–water partition coefficient (Wildman–Crippen LogP) is 3.71. The molecule has 0 saturated carbocycles. The van der Waals surface area contributed by atoms with Crippen molar-refractivity contribution in [2.75, 3.05) is 17.2 Å². The number of unbranched alkanes of at least 4 members (excludes halogenated alkanes) is 2. The molecule has 1 heterocycles. The molecule has 0 atom stereocenters. The van der Waals surface area contributed by atoms with Crippen LogP contribution in [-0.4, -0.2) is 56.0 Å². The number of hydrogen-bond acceptors (Lipinski definition) is 7. The van der Waals surface area contributed by atoms with Gasteiger partial charge in [0, 0.05) is 18.1 Å². The number of nitrogens with zero attached hydrogens (tertiary/aromatic N) is 1. The van der Waals surface area contributed by atoms with Gasteiger partial charge in [0.15, 0.2) is 5.11 Å². The van der Waals surface area contributed by atoms with Gasteiger partial charge in [-0.2, -0.15) is 13.2 Å². The van der Waals surface area contributed by atoms with Crippen LogP contribution in [0, 0.1) is 0 Å². The number of carbonyl (C=O) groups excluding carboxylic acids is 2. The molecule has 0 unspecified atom stereocenters. The van der Waals surface area contributed by atoms with E-state index in [-0.39, 0.29) is 44.5 Å². The Hall–Kier alpha value is -3.91. The number of phenolic OH excluding ortho intramolecular Hbond substituents is 1. The maximum Gasteiger partial charge on any atom is 0.420 e. The van der Waals surface area contributed by atoms with E-state index in [0.717, 1.165) is 37.1 Å². The molecular weight excluding hydrogens is 656 g/mol. The van der Waals surface area contributed by atoms with E-state index in [1.165, 1.54) is 37.5 Å². The van der Waals surface area contributed by atoms with E-state index in [4.69, 9.17) is 25.1 Å². The van der Waals surface area contributed by atoms with Gasteiger partial charge in [-0.15, -0.1) is 0 Å². The average molecular weight is 687 g/mol. The van der Waals surface area contributed by atoms with Gasteiger partial charge in [-0.05, 0) is 49.0 Å². The molecule has 3 rings (SSSR count). The molecule has 0 aliphatic rings. The zero-order chi connectivity index (χ0) is 32.2. The third-order valence-corrected chi connectivity index (χ3v) is 7.53. The van der Waals surface area contributed by atoms with Gasteiger partial charge in [-0.1, -0.05) is 19.8 Å². The normalized spacial score (nSPS) is 11.0. The zero-order valence-corrected chi connectivity index (χ0v) is 25.7. The van der Waals surface area contributed by atoms with Crippen molar-refractivity contribution in [2.45, 2.75) is 39.3 Å². The number of nitrogens with one attached hydrogen (secondary N) is 3. The summed E-state index contributed by atoms with van der Waals surface area (Å²) in [6, 6.07) is 9.99. The van der Waals surface area contributed by atoms with Crippen LogP contribution >= 0.6 is 12.2 Å². The van der Waals surface area contributed by atoms with E-state index in [2.05, 4.69) is 20.9 Å². The minimum atomic E-state index is -4.98. The second-order valence-corrected chi connectivity index (χ2v) is 12.6. The Labute approximate surface area is 253 Å². The van der Waals surface area contributed by atoms with Crippen molar-refractivity contribution >= 4 is 59.0 Å². The smallest absolute Gasteiger partial charge is 0.420 e. The molecule has 0 fully saturated rings. The number of aromatic nitrogens is 1. The first-order valence-electron chi connectivity index (χ1n) is 12.6. The van der Waals surface area contributed by atoms with Gasteiger partial charge in [0.25, 0.3) is 5.91 Å². The number of rotatable bonds is 9. The van der Waals surface area contributed by atoms with Crippen LogP contribution in [0.25, 0.3) is 0 Å². The zero-order valence-electron chi connectivity index (χ0n) is 23.0. The molecule has 0 aliphatic carbocycles. The Bertz CT molecular complexity index is 1470. The largest absolute Gasteiger partial charge is 0.493 e. The number of anilines is 2. The maximum atomic E-state index is 13.4. The minimum absolute atomic E-state index is 0.00951. The molecule has 3 aromatic rings. The van der Waals surface area contributed by atoms with Crippen LogP contribution < -0.4 is 25.0 Å². The predicted molar refractivity (Wildman–Crippen MR) is 157 cm³/mol. The van der Waals surface area contributed by atoms with Crippen LogP contribution in [0.2, 0.25) is 0 Å². The number of pyridine rings is 1.